The summed E-state index contributed by atoms with van der Waals surface area (Å²) in [5.74, 6) is 1.56. The third-order valence-corrected chi connectivity index (χ3v) is 4.38. The van der Waals surface area contributed by atoms with E-state index in [1.165, 1.54) is 0 Å². The highest BCUT2D eigenvalue weighted by molar-refractivity contribution is 5.98. The van der Waals surface area contributed by atoms with E-state index in [-0.39, 0.29) is 24.4 Å². The summed E-state index contributed by atoms with van der Waals surface area (Å²) in [5, 5.41) is 5.54. The minimum Gasteiger partial charge on any atom is -0.493 e. The summed E-state index contributed by atoms with van der Waals surface area (Å²) in [6.45, 7) is 2.24. The largest absolute Gasteiger partial charge is 0.493 e. The number of aromatic nitrogens is 1. The molecule has 1 fully saturated rings. The van der Waals surface area contributed by atoms with Crippen LogP contribution in [-0.2, 0) is 4.79 Å². The van der Waals surface area contributed by atoms with Gasteiger partial charge in [-0.1, -0.05) is 6.07 Å². The maximum Gasteiger partial charge on any atom is 0.320 e. The quantitative estimate of drug-likeness (QED) is 0.843. The molecule has 142 valence electrons. The van der Waals surface area contributed by atoms with Gasteiger partial charge in [-0.3, -0.25) is 10.1 Å². The molecule has 0 saturated carbocycles. The van der Waals surface area contributed by atoms with Gasteiger partial charge in [-0.25, -0.2) is 9.78 Å². The van der Waals surface area contributed by atoms with Crippen molar-refractivity contribution in [3.63, 3.8) is 0 Å². The third-order valence-electron chi connectivity index (χ3n) is 4.38. The van der Waals surface area contributed by atoms with Crippen molar-refractivity contribution < 1.29 is 19.1 Å². The lowest BCUT2D eigenvalue weighted by molar-refractivity contribution is -0.117. The van der Waals surface area contributed by atoms with Crippen LogP contribution in [0.25, 0.3) is 0 Å². The van der Waals surface area contributed by atoms with Crippen LogP contribution in [0.3, 0.4) is 0 Å². The van der Waals surface area contributed by atoms with Gasteiger partial charge in [-0.2, -0.15) is 0 Å². The molecule has 2 aromatic rings. The smallest absolute Gasteiger partial charge is 0.320 e. The molecular weight excluding hydrogens is 348 g/mol. The number of carbonyl (C=O) groups excluding carboxylic acids is 2. The minimum atomic E-state index is -0.385. The molecule has 27 heavy (non-hydrogen) atoms. The highest BCUT2D eigenvalue weighted by Crippen LogP contribution is 2.33. The van der Waals surface area contributed by atoms with E-state index in [0.717, 1.165) is 5.56 Å². The zero-order valence-corrected chi connectivity index (χ0v) is 15.5. The molecule has 1 aliphatic rings. The second kappa shape index (κ2) is 7.94. The number of nitrogens with zero attached hydrogens (tertiary/aromatic N) is 2. The zero-order chi connectivity index (χ0) is 19.4. The Balaban J connectivity index is 1.65. The van der Waals surface area contributed by atoms with E-state index in [2.05, 4.69) is 15.6 Å². The number of methoxy groups -OCH3 is 2. The molecule has 1 aromatic heterocycles. The molecule has 0 aliphatic carbocycles. The molecule has 1 aromatic carbocycles. The Labute approximate surface area is 157 Å². The standard InChI is InChI=1S/C19H22N4O4/c1-12-5-4-8-20-18(12)22-19(25)21-13-9-17(24)23(11-13)14-6-7-15(26-2)16(10-14)27-3/h4-8,10,13H,9,11H2,1-3H3,(H2,20,21,22,25). The van der Waals surface area contributed by atoms with Crippen molar-refractivity contribution in [2.24, 2.45) is 0 Å². The molecule has 1 saturated heterocycles. The molecule has 2 N–H and O–H groups in total. The lowest BCUT2D eigenvalue weighted by Gasteiger charge is -2.19. The molecule has 3 rings (SSSR count). The maximum atomic E-state index is 12.4. The van der Waals surface area contributed by atoms with Gasteiger partial charge < -0.3 is 19.7 Å². The molecule has 1 unspecified atom stereocenters. The number of nitrogens with one attached hydrogen (secondary N) is 2. The molecule has 8 nitrogen and oxygen atoms in total. The Hall–Kier alpha value is -3.29. The summed E-state index contributed by atoms with van der Waals surface area (Å²) in [6.07, 6.45) is 1.84. The number of rotatable bonds is 5. The van der Waals surface area contributed by atoms with Gasteiger partial charge in [-0.15, -0.1) is 0 Å². The Morgan fingerprint density at radius 2 is 2.00 bits per heavy atom. The van der Waals surface area contributed by atoms with Gasteiger partial charge >= 0.3 is 6.03 Å². The summed E-state index contributed by atoms with van der Waals surface area (Å²) in [7, 11) is 3.10. The van der Waals surface area contributed by atoms with Gasteiger partial charge in [0.25, 0.3) is 0 Å². The Morgan fingerprint density at radius 1 is 1.22 bits per heavy atom. The molecule has 8 heteroatoms. The van der Waals surface area contributed by atoms with E-state index in [1.54, 1.807) is 49.6 Å². The highest BCUT2D eigenvalue weighted by Gasteiger charge is 2.32. The van der Waals surface area contributed by atoms with Crippen LogP contribution in [0.1, 0.15) is 12.0 Å². The fraction of sp³-hybridized carbons (Fsp3) is 0.316. The molecule has 3 amide bonds. The second-order valence-corrected chi connectivity index (χ2v) is 6.21. The van der Waals surface area contributed by atoms with Gasteiger partial charge in [-0.05, 0) is 30.7 Å². The van der Waals surface area contributed by atoms with Crippen molar-refractivity contribution in [1.82, 2.24) is 10.3 Å². The molecule has 0 radical (unpaired) electrons. The van der Waals surface area contributed by atoms with E-state index in [4.69, 9.17) is 9.47 Å². The monoisotopic (exact) mass is 370 g/mol. The first-order chi connectivity index (χ1) is 13.0. The van der Waals surface area contributed by atoms with E-state index in [9.17, 15) is 9.59 Å². The first-order valence-electron chi connectivity index (χ1n) is 8.53. The third kappa shape index (κ3) is 4.11. The number of pyridine rings is 1. The fourth-order valence-corrected chi connectivity index (χ4v) is 2.99. The molecule has 1 atom stereocenters. The van der Waals surface area contributed by atoms with Gasteiger partial charge in [0.05, 0.1) is 20.3 Å². The Bertz CT molecular complexity index is 855. The van der Waals surface area contributed by atoms with Crippen molar-refractivity contribution in [2.45, 2.75) is 19.4 Å². The molecule has 1 aliphatic heterocycles. The van der Waals surface area contributed by atoms with Crippen LogP contribution in [0.4, 0.5) is 16.3 Å². The molecular formula is C19H22N4O4. The summed E-state index contributed by atoms with van der Waals surface area (Å²) in [4.78, 5) is 30.4. The van der Waals surface area contributed by atoms with Crippen molar-refractivity contribution in [3.8, 4) is 11.5 Å². The van der Waals surface area contributed by atoms with E-state index in [0.29, 0.717) is 29.5 Å². The first-order valence-corrected chi connectivity index (χ1v) is 8.53. The van der Waals surface area contributed by atoms with Crippen molar-refractivity contribution in [2.75, 3.05) is 31.0 Å². The number of benzene rings is 1. The van der Waals surface area contributed by atoms with Crippen molar-refractivity contribution in [3.05, 3.63) is 42.1 Å². The lowest BCUT2D eigenvalue weighted by Crippen LogP contribution is -2.40. The van der Waals surface area contributed by atoms with Crippen LogP contribution in [0.2, 0.25) is 0 Å². The number of hydrogen-bond donors (Lipinski definition) is 2. The van der Waals surface area contributed by atoms with Crippen LogP contribution < -0.4 is 25.0 Å². The molecule has 0 spiro atoms. The predicted molar refractivity (Wildman–Crippen MR) is 101 cm³/mol. The van der Waals surface area contributed by atoms with Crippen LogP contribution in [0, 0.1) is 6.92 Å². The minimum absolute atomic E-state index is 0.0680. The number of aryl methyl sites for hydroxylation is 1. The van der Waals surface area contributed by atoms with Gasteiger partial charge in [0, 0.05) is 30.9 Å². The second-order valence-electron chi connectivity index (χ2n) is 6.21. The summed E-state index contributed by atoms with van der Waals surface area (Å²) in [6, 6.07) is 8.27. The number of amides is 3. The summed E-state index contributed by atoms with van der Waals surface area (Å²) in [5.41, 5.74) is 1.56. The summed E-state index contributed by atoms with van der Waals surface area (Å²) >= 11 is 0. The van der Waals surface area contributed by atoms with Crippen LogP contribution in [0.5, 0.6) is 11.5 Å². The maximum absolute atomic E-state index is 12.4. The van der Waals surface area contributed by atoms with E-state index >= 15 is 0 Å². The van der Waals surface area contributed by atoms with Crippen LogP contribution in [-0.4, -0.2) is 43.7 Å². The molecule has 0 bridgehead atoms. The number of ether oxygens (including phenoxy) is 2. The number of hydrogen-bond acceptors (Lipinski definition) is 5. The van der Waals surface area contributed by atoms with Crippen molar-refractivity contribution in [1.29, 1.82) is 0 Å². The van der Waals surface area contributed by atoms with Gasteiger partial charge in [0.2, 0.25) is 5.91 Å². The first kappa shape index (κ1) is 18.5. The van der Waals surface area contributed by atoms with Crippen LogP contribution >= 0.6 is 0 Å². The van der Waals surface area contributed by atoms with E-state index < -0.39 is 0 Å². The average Bonchev–Trinajstić information content (AvgIpc) is 3.03. The van der Waals surface area contributed by atoms with Crippen molar-refractivity contribution >= 4 is 23.4 Å². The highest BCUT2D eigenvalue weighted by atomic mass is 16.5. The number of urea groups is 1. The average molecular weight is 370 g/mol. The predicted octanol–water partition coefficient (Wildman–Crippen LogP) is 2.33. The van der Waals surface area contributed by atoms with E-state index in [1.807, 2.05) is 13.0 Å². The zero-order valence-electron chi connectivity index (χ0n) is 15.5. The Morgan fingerprint density at radius 3 is 2.70 bits per heavy atom. The van der Waals surface area contributed by atoms with Gasteiger partial charge in [0.15, 0.2) is 11.5 Å². The van der Waals surface area contributed by atoms with Gasteiger partial charge in [0.1, 0.15) is 5.82 Å². The van der Waals surface area contributed by atoms with Crippen LogP contribution in [0.15, 0.2) is 36.5 Å². The number of carbonyl (C=O) groups is 2. The number of anilines is 2. The normalized spacial score (nSPS) is 16.2. The SMILES string of the molecule is COc1ccc(N2CC(NC(=O)Nc3ncccc3C)CC2=O)cc1OC. The topological polar surface area (TPSA) is 92.8 Å². The Kier molecular flexibility index (Phi) is 5.44. The molecule has 2 heterocycles. The summed E-state index contributed by atoms with van der Waals surface area (Å²) < 4.78 is 10.5. The fourth-order valence-electron chi connectivity index (χ4n) is 2.99. The lowest BCUT2D eigenvalue weighted by atomic mass is 10.2.